The van der Waals surface area contributed by atoms with Gasteiger partial charge in [-0.05, 0) is 18.8 Å². The highest BCUT2D eigenvalue weighted by Crippen LogP contribution is 2.03. The summed E-state index contributed by atoms with van der Waals surface area (Å²) in [5, 5.41) is 1.12. The van der Waals surface area contributed by atoms with Crippen LogP contribution in [0.4, 0.5) is 0 Å². The maximum atomic E-state index is 5.52. The second kappa shape index (κ2) is 9.53. The van der Waals surface area contributed by atoms with Crippen molar-refractivity contribution in [2.75, 3.05) is 18.5 Å². The van der Waals surface area contributed by atoms with E-state index >= 15 is 0 Å². The highest BCUT2D eigenvalue weighted by molar-refractivity contribution is 9.09. The average Bonchev–Trinajstić information content (AvgIpc) is 2.10. The summed E-state index contributed by atoms with van der Waals surface area (Å²) in [4.78, 5) is 0. The largest absolute Gasteiger partial charge is 0.381 e. The van der Waals surface area contributed by atoms with Crippen LogP contribution in [0.1, 0.15) is 39.5 Å². The van der Waals surface area contributed by atoms with E-state index in [2.05, 4.69) is 29.8 Å². The van der Waals surface area contributed by atoms with Crippen LogP contribution in [0.5, 0.6) is 0 Å². The van der Waals surface area contributed by atoms with Crippen LogP contribution in [0.15, 0.2) is 0 Å². The molecule has 0 aliphatic carbocycles. The first-order valence-corrected chi connectivity index (χ1v) is 6.07. The van der Waals surface area contributed by atoms with Crippen molar-refractivity contribution in [3.05, 3.63) is 0 Å². The zero-order chi connectivity index (χ0) is 9.23. The normalized spacial score (nSPS) is 13.2. The molecule has 0 rings (SSSR count). The Hall–Kier alpha value is 0.440. The number of alkyl halides is 1. The molecule has 0 aromatic rings. The summed E-state index contributed by atoms with van der Waals surface area (Å²) >= 11 is 3.41. The average molecular weight is 237 g/mol. The van der Waals surface area contributed by atoms with E-state index in [9.17, 15) is 0 Å². The molecule has 0 saturated heterocycles. The Balaban J connectivity index is 2.90. The molecule has 0 saturated carbocycles. The SMILES string of the molecule is CCC(C)COCCCCCBr. The monoisotopic (exact) mass is 236 g/mol. The van der Waals surface area contributed by atoms with Crippen molar-refractivity contribution in [3.63, 3.8) is 0 Å². The molecule has 12 heavy (non-hydrogen) atoms. The van der Waals surface area contributed by atoms with Crippen LogP contribution in [-0.4, -0.2) is 18.5 Å². The first-order chi connectivity index (χ1) is 5.81. The lowest BCUT2D eigenvalue weighted by Gasteiger charge is -2.08. The van der Waals surface area contributed by atoms with Gasteiger partial charge in [0, 0.05) is 18.5 Å². The van der Waals surface area contributed by atoms with E-state index in [4.69, 9.17) is 4.74 Å². The third-order valence-electron chi connectivity index (χ3n) is 2.02. The fraction of sp³-hybridized carbons (Fsp3) is 1.00. The van der Waals surface area contributed by atoms with Crippen LogP contribution in [0, 0.1) is 5.92 Å². The minimum atomic E-state index is 0.723. The summed E-state index contributed by atoms with van der Waals surface area (Å²) in [6.07, 6.45) is 4.99. The van der Waals surface area contributed by atoms with E-state index in [0.29, 0.717) is 0 Å². The first-order valence-electron chi connectivity index (χ1n) is 4.95. The fourth-order valence-corrected chi connectivity index (χ4v) is 1.27. The molecule has 0 N–H and O–H groups in total. The predicted molar refractivity (Wildman–Crippen MR) is 57.9 cm³/mol. The molecule has 1 unspecified atom stereocenters. The third-order valence-corrected chi connectivity index (χ3v) is 2.58. The van der Waals surface area contributed by atoms with E-state index in [1.165, 1.54) is 25.7 Å². The lowest BCUT2D eigenvalue weighted by molar-refractivity contribution is 0.100. The fourth-order valence-electron chi connectivity index (χ4n) is 0.878. The summed E-state index contributed by atoms with van der Waals surface area (Å²) < 4.78 is 5.52. The summed E-state index contributed by atoms with van der Waals surface area (Å²) in [5.74, 6) is 0.723. The van der Waals surface area contributed by atoms with Gasteiger partial charge in [-0.1, -0.05) is 42.6 Å². The number of ether oxygens (including phenoxy) is 1. The van der Waals surface area contributed by atoms with Crippen molar-refractivity contribution in [1.82, 2.24) is 0 Å². The Morgan fingerprint density at radius 2 is 2.00 bits per heavy atom. The Bertz CT molecular complexity index is 85.9. The molecule has 1 nitrogen and oxygen atoms in total. The van der Waals surface area contributed by atoms with Gasteiger partial charge in [0.1, 0.15) is 0 Å². The van der Waals surface area contributed by atoms with Crippen molar-refractivity contribution in [3.8, 4) is 0 Å². The van der Waals surface area contributed by atoms with E-state index in [-0.39, 0.29) is 0 Å². The number of unbranched alkanes of at least 4 members (excludes halogenated alkanes) is 2. The minimum absolute atomic E-state index is 0.723. The first kappa shape index (κ1) is 12.4. The van der Waals surface area contributed by atoms with Crippen LogP contribution in [0.3, 0.4) is 0 Å². The van der Waals surface area contributed by atoms with Gasteiger partial charge in [0.15, 0.2) is 0 Å². The van der Waals surface area contributed by atoms with Gasteiger partial charge in [-0.3, -0.25) is 0 Å². The maximum absolute atomic E-state index is 5.52. The van der Waals surface area contributed by atoms with Crippen molar-refractivity contribution < 1.29 is 4.74 Å². The van der Waals surface area contributed by atoms with Gasteiger partial charge >= 0.3 is 0 Å². The molecule has 0 fully saturated rings. The number of halogens is 1. The van der Waals surface area contributed by atoms with Gasteiger partial charge in [0.05, 0.1) is 0 Å². The van der Waals surface area contributed by atoms with Crippen molar-refractivity contribution in [1.29, 1.82) is 0 Å². The Morgan fingerprint density at radius 3 is 2.58 bits per heavy atom. The van der Waals surface area contributed by atoms with Crippen LogP contribution in [0.25, 0.3) is 0 Å². The molecule has 2 heteroatoms. The summed E-state index contributed by atoms with van der Waals surface area (Å²) in [5.41, 5.74) is 0. The van der Waals surface area contributed by atoms with Gasteiger partial charge in [-0.15, -0.1) is 0 Å². The molecule has 1 atom stereocenters. The zero-order valence-corrected chi connectivity index (χ0v) is 9.90. The third kappa shape index (κ3) is 8.54. The number of hydrogen-bond acceptors (Lipinski definition) is 1. The molecule has 0 aliphatic rings. The molecule has 0 aromatic carbocycles. The van der Waals surface area contributed by atoms with E-state index in [0.717, 1.165) is 24.5 Å². The minimum Gasteiger partial charge on any atom is -0.381 e. The van der Waals surface area contributed by atoms with Gasteiger partial charge in [0.2, 0.25) is 0 Å². The van der Waals surface area contributed by atoms with Crippen molar-refractivity contribution >= 4 is 15.9 Å². The number of hydrogen-bond donors (Lipinski definition) is 0. The zero-order valence-electron chi connectivity index (χ0n) is 8.31. The van der Waals surface area contributed by atoms with Crippen molar-refractivity contribution in [2.45, 2.75) is 39.5 Å². The Morgan fingerprint density at radius 1 is 1.25 bits per heavy atom. The van der Waals surface area contributed by atoms with Gasteiger partial charge in [-0.2, -0.15) is 0 Å². The molecule has 0 bridgehead atoms. The highest BCUT2D eigenvalue weighted by Gasteiger charge is 1.97. The van der Waals surface area contributed by atoms with Gasteiger partial charge in [0.25, 0.3) is 0 Å². The topological polar surface area (TPSA) is 9.23 Å². The lowest BCUT2D eigenvalue weighted by atomic mass is 10.1. The standard InChI is InChI=1S/C10H21BrO/c1-3-10(2)9-12-8-6-4-5-7-11/h10H,3-9H2,1-2H3. The molecular formula is C10H21BrO. The molecule has 0 heterocycles. The maximum Gasteiger partial charge on any atom is 0.0491 e. The predicted octanol–water partition coefficient (Wildman–Crippen LogP) is 3.61. The summed E-state index contributed by atoms with van der Waals surface area (Å²) in [6, 6.07) is 0. The van der Waals surface area contributed by atoms with Crippen molar-refractivity contribution in [2.24, 2.45) is 5.92 Å². The van der Waals surface area contributed by atoms with Crippen LogP contribution in [0.2, 0.25) is 0 Å². The molecule has 0 amide bonds. The molecule has 74 valence electrons. The molecule has 0 spiro atoms. The summed E-state index contributed by atoms with van der Waals surface area (Å²) in [7, 11) is 0. The highest BCUT2D eigenvalue weighted by atomic mass is 79.9. The van der Waals surface area contributed by atoms with Gasteiger partial charge in [-0.25, -0.2) is 0 Å². The quantitative estimate of drug-likeness (QED) is 0.463. The second-order valence-corrected chi connectivity index (χ2v) is 4.13. The lowest BCUT2D eigenvalue weighted by Crippen LogP contribution is -2.05. The molecule has 0 radical (unpaired) electrons. The van der Waals surface area contributed by atoms with E-state index < -0.39 is 0 Å². The van der Waals surface area contributed by atoms with Crippen LogP contribution >= 0.6 is 15.9 Å². The molecule has 0 aliphatic heterocycles. The van der Waals surface area contributed by atoms with E-state index in [1.54, 1.807) is 0 Å². The number of rotatable bonds is 8. The molecule has 0 aromatic heterocycles. The van der Waals surface area contributed by atoms with E-state index in [1.807, 2.05) is 0 Å². The Kier molecular flexibility index (Phi) is 9.88. The Labute approximate surface area is 85.0 Å². The van der Waals surface area contributed by atoms with Crippen LogP contribution < -0.4 is 0 Å². The van der Waals surface area contributed by atoms with Gasteiger partial charge < -0.3 is 4.74 Å². The molecular weight excluding hydrogens is 216 g/mol. The summed E-state index contributed by atoms with van der Waals surface area (Å²) in [6.45, 7) is 6.32. The second-order valence-electron chi connectivity index (χ2n) is 3.34. The van der Waals surface area contributed by atoms with Crippen LogP contribution in [-0.2, 0) is 4.74 Å². The smallest absolute Gasteiger partial charge is 0.0491 e.